The second-order valence-corrected chi connectivity index (χ2v) is 5.36. The molecule has 2 aromatic rings. The molecule has 0 amide bonds. The Bertz CT molecular complexity index is 540. The Morgan fingerprint density at radius 1 is 1.17 bits per heavy atom. The molecule has 0 radical (unpaired) electrons. The van der Waals surface area contributed by atoms with Crippen LogP contribution in [-0.4, -0.2) is 0 Å². The molecule has 0 aliphatic carbocycles. The number of ether oxygens (including phenoxy) is 1. The van der Waals surface area contributed by atoms with Gasteiger partial charge in [0, 0.05) is 10.5 Å². The highest BCUT2D eigenvalue weighted by Crippen LogP contribution is 2.32. The van der Waals surface area contributed by atoms with Gasteiger partial charge in [-0.1, -0.05) is 39.7 Å². The van der Waals surface area contributed by atoms with Gasteiger partial charge in [0.15, 0.2) is 0 Å². The first-order valence-corrected chi connectivity index (χ1v) is 6.72. The third kappa shape index (κ3) is 3.25. The van der Waals surface area contributed by atoms with Crippen molar-refractivity contribution in [1.82, 2.24) is 0 Å². The second kappa shape index (κ2) is 5.74. The first-order valence-electron chi connectivity index (χ1n) is 5.54. The molecule has 0 spiro atoms. The lowest BCUT2D eigenvalue weighted by molar-refractivity contribution is 0.482. The van der Waals surface area contributed by atoms with E-state index in [0.717, 1.165) is 15.8 Å². The molecular formula is C14H13BrClNO. The fourth-order valence-corrected chi connectivity index (χ4v) is 2.02. The van der Waals surface area contributed by atoms with Crippen LogP contribution in [0.15, 0.2) is 46.9 Å². The predicted octanol–water partition coefficient (Wildman–Crippen LogP) is 4.91. The zero-order valence-electron chi connectivity index (χ0n) is 9.86. The van der Waals surface area contributed by atoms with Crippen LogP contribution in [0, 0.1) is 0 Å². The lowest BCUT2D eigenvalue weighted by Gasteiger charge is -2.10. The van der Waals surface area contributed by atoms with E-state index >= 15 is 0 Å². The Morgan fingerprint density at radius 3 is 2.44 bits per heavy atom. The van der Waals surface area contributed by atoms with E-state index in [0.29, 0.717) is 10.8 Å². The van der Waals surface area contributed by atoms with Crippen molar-refractivity contribution in [2.24, 2.45) is 5.73 Å². The van der Waals surface area contributed by atoms with Gasteiger partial charge in [0.1, 0.15) is 11.5 Å². The van der Waals surface area contributed by atoms with Crippen molar-refractivity contribution in [2.75, 3.05) is 0 Å². The number of hydrogen-bond donors (Lipinski definition) is 1. The van der Waals surface area contributed by atoms with Crippen molar-refractivity contribution in [2.45, 2.75) is 13.0 Å². The molecule has 2 nitrogen and oxygen atoms in total. The van der Waals surface area contributed by atoms with Crippen molar-refractivity contribution < 1.29 is 4.74 Å². The van der Waals surface area contributed by atoms with Gasteiger partial charge in [-0.15, -0.1) is 0 Å². The Hall–Kier alpha value is -1.03. The molecule has 0 saturated heterocycles. The minimum Gasteiger partial charge on any atom is -0.456 e. The Morgan fingerprint density at radius 2 is 1.83 bits per heavy atom. The topological polar surface area (TPSA) is 35.2 Å². The minimum atomic E-state index is 0.0218. The molecule has 1 atom stereocenters. The van der Waals surface area contributed by atoms with E-state index in [1.165, 1.54) is 0 Å². The molecule has 18 heavy (non-hydrogen) atoms. The number of rotatable bonds is 3. The summed E-state index contributed by atoms with van der Waals surface area (Å²) in [6, 6.07) is 13.2. The Kier molecular flexibility index (Phi) is 4.27. The van der Waals surface area contributed by atoms with Gasteiger partial charge < -0.3 is 10.5 Å². The summed E-state index contributed by atoms with van der Waals surface area (Å²) in [7, 11) is 0. The van der Waals surface area contributed by atoms with Gasteiger partial charge in [-0.2, -0.15) is 0 Å². The largest absolute Gasteiger partial charge is 0.456 e. The molecule has 0 aliphatic rings. The van der Waals surface area contributed by atoms with Crippen LogP contribution in [-0.2, 0) is 0 Å². The number of halogens is 2. The molecule has 94 valence electrons. The van der Waals surface area contributed by atoms with Gasteiger partial charge in [0.25, 0.3) is 0 Å². The summed E-state index contributed by atoms with van der Waals surface area (Å²) in [4.78, 5) is 0. The average Bonchev–Trinajstić information content (AvgIpc) is 2.34. The molecule has 0 aromatic heterocycles. The molecular weight excluding hydrogens is 314 g/mol. The lowest BCUT2D eigenvalue weighted by Crippen LogP contribution is -2.04. The van der Waals surface area contributed by atoms with Crippen LogP contribution in [0.3, 0.4) is 0 Å². The molecule has 0 bridgehead atoms. The standard InChI is InChI=1S/C14H13BrClNO/c1-9(17)10-2-5-12(6-3-10)18-14-8-11(15)4-7-13(14)16/h2-9H,17H2,1H3. The maximum absolute atomic E-state index is 6.06. The van der Waals surface area contributed by atoms with E-state index in [1.807, 2.05) is 43.3 Å². The smallest absolute Gasteiger partial charge is 0.147 e. The summed E-state index contributed by atoms with van der Waals surface area (Å²) in [5.74, 6) is 1.36. The van der Waals surface area contributed by atoms with Crippen LogP contribution in [0.25, 0.3) is 0 Å². The zero-order valence-corrected chi connectivity index (χ0v) is 12.2. The molecule has 4 heteroatoms. The summed E-state index contributed by atoms with van der Waals surface area (Å²) >= 11 is 9.45. The Labute approximate surface area is 120 Å². The van der Waals surface area contributed by atoms with Crippen LogP contribution < -0.4 is 10.5 Å². The quantitative estimate of drug-likeness (QED) is 0.869. The summed E-state index contributed by atoms with van der Waals surface area (Å²) in [6.07, 6.45) is 0. The summed E-state index contributed by atoms with van der Waals surface area (Å²) in [5.41, 5.74) is 6.86. The van der Waals surface area contributed by atoms with Gasteiger partial charge in [0.2, 0.25) is 0 Å². The van der Waals surface area contributed by atoms with Gasteiger partial charge >= 0.3 is 0 Å². The molecule has 2 aromatic carbocycles. The highest BCUT2D eigenvalue weighted by molar-refractivity contribution is 9.10. The second-order valence-electron chi connectivity index (χ2n) is 4.03. The molecule has 0 heterocycles. The third-order valence-corrected chi connectivity index (χ3v) is 3.33. The van der Waals surface area contributed by atoms with Crippen LogP contribution in [0.4, 0.5) is 0 Å². The van der Waals surface area contributed by atoms with Gasteiger partial charge in [0.05, 0.1) is 5.02 Å². The van der Waals surface area contributed by atoms with Crippen molar-refractivity contribution in [3.63, 3.8) is 0 Å². The first-order chi connectivity index (χ1) is 8.56. The van der Waals surface area contributed by atoms with E-state index in [4.69, 9.17) is 22.1 Å². The van der Waals surface area contributed by atoms with Crippen LogP contribution in [0.5, 0.6) is 11.5 Å². The Balaban J connectivity index is 2.21. The van der Waals surface area contributed by atoms with Gasteiger partial charge in [-0.3, -0.25) is 0 Å². The lowest BCUT2D eigenvalue weighted by atomic mass is 10.1. The van der Waals surface area contributed by atoms with Gasteiger partial charge in [-0.25, -0.2) is 0 Å². The normalized spacial score (nSPS) is 12.2. The van der Waals surface area contributed by atoms with Gasteiger partial charge in [-0.05, 0) is 42.8 Å². The van der Waals surface area contributed by atoms with Crippen molar-refractivity contribution in [3.05, 3.63) is 57.5 Å². The van der Waals surface area contributed by atoms with Crippen LogP contribution >= 0.6 is 27.5 Å². The fraction of sp³-hybridized carbons (Fsp3) is 0.143. The number of nitrogens with two attached hydrogens (primary N) is 1. The zero-order chi connectivity index (χ0) is 13.1. The summed E-state index contributed by atoms with van der Waals surface area (Å²) in [5, 5.41) is 0.578. The maximum atomic E-state index is 6.06. The van der Waals surface area contributed by atoms with Crippen molar-refractivity contribution in [3.8, 4) is 11.5 Å². The summed E-state index contributed by atoms with van der Waals surface area (Å²) < 4.78 is 6.65. The van der Waals surface area contributed by atoms with Crippen molar-refractivity contribution in [1.29, 1.82) is 0 Å². The van der Waals surface area contributed by atoms with Crippen LogP contribution in [0.1, 0.15) is 18.5 Å². The van der Waals surface area contributed by atoms with E-state index in [9.17, 15) is 0 Å². The monoisotopic (exact) mass is 325 g/mol. The number of benzene rings is 2. The first kappa shape index (κ1) is 13.4. The molecule has 0 saturated carbocycles. The average molecular weight is 327 g/mol. The van der Waals surface area contributed by atoms with E-state index in [2.05, 4.69) is 15.9 Å². The highest BCUT2D eigenvalue weighted by Gasteiger charge is 2.05. The fourth-order valence-electron chi connectivity index (χ4n) is 1.52. The van der Waals surface area contributed by atoms with Crippen LogP contribution in [0.2, 0.25) is 5.02 Å². The molecule has 0 fully saturated rings. The van der Waals surface area contributed by atoms with E-state index in [-0.39, 0.29) is 6.04 Å². The minimum absolute atomic E-state index is 0.0218. The molecule has 1 unspecified atom stereocenters. The van der Waals surface area contributed by atoms with Crippen molar-refractivity contribution >= 4 is 27.5 Å². The van der Waals surface area contributed by atoms with E-state index < -0.39 is 0 Å². The maximum Gasteiger partial charge on any atom is 0.147 e. The highest BCUT2D eigenvalue weighted by atomic mass is 79.9. The third-order valence-electron chi connectivity index (χ3n) is 2.53. The predicted molar refractivity (Wildman–Crippen MR) is 78.3 cm³/mol. The SMILES string of the molecule is CC(N)c1ccc(Oc2cc(Br)ccc2Cl)cc1. The number of hydrogen-bond acceptors (Lipinski definition) is 2. The van der Waals surface area contributed by atoms with E-state index in [1.54, 1.807) is 6.07 Å². The summed E-state index contributed by atoms with van der Waals surface area (Å²) in [6.45, 7) is 1.95. The molecule has 2 rings (SSSR count). The molecule has 2 N–H and O–H groups in total. The molecule has 0 aliphatic heterocycles.